The van der Waals surface area contributed by atoms with E-state index in [2.05, 4.69) is 4.72 Å². The first-order chi connectivity index (χ1) is 4.10. The zero-order valence-electron chi connectivity index (χ0n) is 5.12. The summed E-state index contributed by atoms with van der Waals surface area (Å²) in [6, 6.07) is 0. The van der Waals surface area contributed by atoms with Gasteiger partial charge >= 0.3 is 0 Å². The van der Waals surface area contributed by atoms with E-state index in [1.165, 1.54) is 0 Å². The van der Waals surface area contributed by atoms with Crippen molar-refractivity contribution in [3.63, 3.8) is 0 Å². The molecule has 1 heterocycles. The van der Waals surface area contributed by atoms with Gasteiger partial charge in [0.05, 0.1) is 6.10 Å². The Hall–Kier alpha value is -0.130. The Morgan fingerprint density at radius 3 is 2.67 bits per heavy atom. The van der Waals surface area contributed by atoms with Crippen LogP contribution in [0.25, 0.3) is 0 Å². The number of hydrogen-bond donors (Lipinski definition) is 1. The summed E-state index contributed by atoms with van der Waals surface area (Å²) in [6.07, 6.45) is 0.00789. The van der Waals surface area contributed by atoms with E-state index >= 15 is 0 Å². The quantitative estimate of drug-likeness (QED) is 0.497. The van der Waals surface area contributed by atoms with Crippen LogP contribution in [0.1, 0.15) is 6.92 Å². The lowest BCUT2D eigenvalue weighted by Crippen LogP contribution is -2.41. The molecule has 0 unspecified atom stereocenters. The molecule has 0 aromatic rings. The summed E-state index contributed by atoms with van der Waals surface area (Å²) in [5.74, 6) is -0.200. The molecular formula is C4H9NO3S. The minimum Gasteiger partial charge on any atom is -0.360 e. The van der Waals surface area contributed by atoms with E-state index in [1.54, 1.807) is 0 Å². The molecule has 1 atom stereocenters. The van der Waals surface area contributed by atoms with Crippen molar-refractivity contribution in [2.45, 2.75) is 13.0 Å². The fourth-order valence-electron chi connectivity index (χ4n) is 0.551. The van der Waals surface area contributed by atoms with Crippen LogP contribution in [-0.2, 0) is 14.8 Å². The Kier molecular flexibility index (Phi) is 1.74. The smallest absolute Gasteiger partial charge is 0.235 e. The van der Waals surface area contributed by atoms with Crippen LogP contribution >= 0.6 is 0 Å². The molecule has 1 saturated heterocycles. The average molecular weight is 151 g/mol. The molecule has 9 heavy (non-hydrogen) atoms. The van der Waals surface area contributed by atoms with Gasteiger partial charge in [-0.25, -0.2) is 13.1 Å². The maximum atomic E-state index is 10.6. The zero-order chi connectivity index (χ0) is 6.91. The van der Waals surface area contributed by atoms with E-state index < -0.39 is 10.0 Å². The van der Waals surface area contributed by atoms with Gasteiger partial charge in [0.25, 0.3) is 0 Å². The van der Waals surface area contributed by atoms with Crippen molar-refractivity contribution < 1.29 is 13.2 Å². The lowest BCUT2D eigenvalue weighted by Gasteiger charge is -2.19. The summed E-state index contributed by atoms with van der Waals surface area (Å²) in [6.45, 7) is 2.21. The Morgan fingerprint density at radius 2 is 2.33 bits per heavy atom. The Labute approximate surface area is 54.3 Å². The van der Waals surface area contributed by atoms with Crippen LogP contribution in [0.5, 0.6) is 0 Å². The lowest BCUT2D eigenvalue weighted by molar-refractivity contribution is 0.0921. The van der Waals surface area contributed by atoms with Gasteiger partial charge in [0.2, 0.25) is 10.0 Å². The minimum absolute atomic E-state index is 0.00789. The monoisotopic (exact) mass is 151 g/mol. The predicted octanol–water partition coefficient (Wildman–Crippen LogP) is -0.718. The molecule has 0 spiro atoms. The van der Waals surface area contributed by atoms with Crippen molar-refractivity contribution in [1.82, 2.24) is 4.72 Å². The molecule has 0 amide bonds. The molecule has 1 aliphatic heterocycles. The number of sulfonamides is 1. The summed E-state index contributed by atoms with van der Waals surface area (Å²) in [5, 5.41) is 0. The van der Waals surface area contributed by atoms with Crippen molar-refractivity contribution in [2.75, 3.05) is 12.5 Å². The van der Waals surface area contributed by atoms with Gasteiger partial charge in [0, 0.05) is 6.54 Å². The summed E-state index contributed by atoms with van der Waals surface area (Å²) >= 11 is 0. The van der Waals surface area contributed by atoms with Crippen LogP contribution in [0.15, 0.2) is 0 Å². The van der Waals surface area contributed by atoms with Crippen molar-refractivity contribution in [1.29, 1.82) is 0 Å². The van der Waals surface area contributed by atoms with Crippen LogP contribution in [0.4, 0.5) is 0 Å². The highest BCUT2D eigenvalue weighted by molar-refractivity contribution is 7.89. The van der Waals surface area contributed by atoms with E-state index in [0.29, 0.717) is 6.54 Å². The van der Waals surface area contributed by atoms with E-state index in [0.717, 1.165) is 0 Å². The highest BCUT2D eigenvalue weighted by Crippen LogP contribution is 1.99. The summed E-state index contributed by atoms with van der Waals surface area (Å²) in [5.41, 5.74) is 0. The fourth-order valence-corrected chi connectivity index (χ4v) is 1.53. The minimum atomic E-state index is -3.09. The summed E-state index contributed by atoms with van der Waals surface area (Å²) < 4.78 is 28.3. The molecule has 0 aliphatic carbocycles. The highest BCUT2D eigenvalue weighted by atomic mass is 32.2. The Morgan fingerprint density at radius 1 is 1.67 bits per heavy atom. The second-order valence-corrected chi connectivity index (χ2v) is 3.81. The third kappa shape index (κ3) is 1.92. The van der Waals surface area contributed by atoms with Gasteiger partial charge in [0.1, 0.15) is 0 Å². The Balaban J connectivity index is 2.55. The molecular weight excluding hydrogens is 142 g/mol. The molecule has 5 heteroatoms. The molecule has 0 bridgehead atoms. The summed E-state index contributed by atoms with van der Waals surface area (Å²) in [7, 11) is -3.09. The molecule has 0 radical (unpaired) electrons. The second-order valence-electron chi connectivity index (χ2n) is 2.06. The standard InChI is InChI=1S/C4H9NO3S/c1-4-2-5-9(6,7)3-8-4/h4-5H,2-3H2,1H3/t4-/m1/s1. The van der Waals surface area contributed by atoms with Crippen molar-refractivity contribution in [3.8, 4) is 0 Å². The normalized spacial score (nSPS) is 34.1. The third-order valence-corrected chi connectivity index (χ3v) is 2.15. The van der Waals surface area contributed by atoms with Crippen LogP contribution in [0, 0.1) is 0 Å². The van der Waals surface area contributed by atoms with E-state index in [-0.39, 0.29) is 12.0 Å². The van der Waals surface area contributed by atoms with Gasteiger partial charge in [-0.2, -0.15) is 0 Å². The number of nitrogens with one attached hydrogen (secondary N) is 1. The van der Waals surface area contributed by atoms with Gasteiger partial charge in [0.15, 0.2) is 5.94 Å². The largest absolute Gasteiger partial charge is 0.360 e. The number of rotatable bonds is 0. The van der Waals surface area contributed by atoms with Crippen molar-refractivity contribution in [2.24, 2.45) is 0 Å². The molecule has 0 saturated carbocycles. The highest BCUT2D eigenvalue weighted by Gasteiger charge is 2.19. The number of hydrogen-bond acceptors (Lipinski definition) is 3. The van der Waals surface area contributed by atoms with E-state index in [9.17, 15) is 8.42 Å². The molecule has 0 aromatic heterocycles. The van der Waals surface area contributed by atoms with Crippen LogP contribution in [0.3, 0.4) is 0 Å². The maximum absolute atomic E-state index is 10.6. The fraction of sp³-hybridized carbons (Fsp3) is 1.00. The molecule has 0 aromatic carbocycles. The second kappa shape index (κ2) is 2.24. The number of ether oxygens (including phenoxy) is 1. The summed E-state index contributed by atoms with van der Waals surface area (Å²) in [4.78, 5) is 0. The first-order valence-corrected chi connectivity index (χ1v) is 4.34. The molecule has 4 nitrogen and oxygen atoms in total. The van der Waals surface area contributed by atoms with Gasteiger partial charge in [-0.3, -0.25) is 0 Å². The molecule has 1 N–H and O–H groups in total. The lowest BCUT2D eigenvalue weighted by atomic mass is 10.4. The van der Waals surface area contributed by atoms with Crippen molar-refractivity contribution in [3.05, 3.63) is 0 Å². The van der Waals surface area contributed by atoms with E-state index in [1.807, 2.05) is 6.92 Å². The first-order valence-electron chi connectivity index (χ1n) is 2.69. The van der Waals surface area contributed by atoms with Gasteiger partial charge in [-0.15, -0.1) is 0 Å². The van der Waals surface area contributed by atoms with Crippen LogP contribution in [0.2, 0.25) is 0 Å². The van der Waals surface area contributed by atoms with Crippen molar-refractivity contribution >= 4 is 10.0 Å². The van der Waals surface area contributed by atoms with Crippen LogP contribution < -0.4 is 4.72 Å². The maximum Gasteiger partial charge on any atom is 0.235 e. The first kappa shape index (κ1) is 6.98. The SMILES string of the molecule is C[C@@H]1CNS(=O)(=O)CO1. The topological polar surface area (TPSA) is 55.4 Å². The molecule has 1 fully saturated rings. The van der Waals surface area contributed by atoms with Gasteiger partial charge in [-0.05, 0) is 6.92 Å². The third-order valence-electron chi connectivity index (χ3n) is 1.10. The molecule has 1 aliphatic rings. The van der Waals surface area contributed by atoms with Gasteiger partial charge in [-0.1, -0.05) is 0 Å². The average Bonchev–Trinajstić information content (AvgIpc) is 1.78. The molecule has 54 valence electrons. The van der Waals surface area contributed by atoms with Crippen LogP contribution in [-0.4, -0.2) is 27.0 Å². The molecule has 1 rings (SSSR count). The Bertz CT molecular complexity index is 172. The van der Waals surface area contributed by atoms with E-state index in [4.69, 9.17) is 4.74 Å². The predicted molar refractivity (Wildman–Crippen MR) is 32.3 cm³/mol. The van der Waals surface area contributed by atoms with Gasteiger partial charge < -0.3 is 4.74 Å². The zero-order valence-corrected chi connectivity index (χ0v) is 5.94.